The van der Waals surface area contributed by atoms with Gasteiger partial charge in [0.2, 0.25) is 0 Å². The Bertz CT molecular complexity index is 1440. The van der Waals surface area contributed by atoms with Crippen LogP contribution in [0, 0.1) is 0 Å². The molecule has 6 rings (SSSR count). The number of ether oxygens (including phenoxy) is 2. The maximum Gasteiger partial charge on any atom is 0.174 e. The van der Waals surface area contributed by atoms with E-state index >= 15 is 0 Å². The molecule has 1 atom stereocenters. The Morgan fingerprint density at radius 1 is 0.892 bits per heavy atom. The second kappa shape index (κ2) is 10.2. The third-order valence-electron chi connectivity index (χ3n) is 7.07. The molecule has 0 spiro atoms. The number of aliphatic imine (C=N–C) groups is 1. The summed E-state index contributed by atoms with van der Waals surface area (Å²) in [5.41, 5.74) is 8.46. The van der Waals surface area contributed by atoms with Crippen LogP contribution in [0.25, 0.3) is 11.8 Å². The average molecular weight is 527 g/mol. The fraction of sp³-hybridized carbons (Fsp3) is 0.194. The topological polar surface area (TPSA) is 34.1 Å². The molecule has 0 radical (unpaired) electrons. The van der Waals surface area contributed by atoms with Crippen LogP contribution in [0.2, 0.25) is 5.02 Å². The number of allylic oxidation sites excluding steroid dienone is 1. The second-order valence-corrected chi connectivity index (χ2v) is 10.5. The summed E-state index contributed by atoms with van der Waals surface area (Å²) in [5, 5.41) is 3.95. The van der Waals surface area contributed by atoms with Crippen LogP contribution < -0.4 is 9.47 Å². The van der Waals surface area contributed by atoms with Crippen LogP contribution in [0.15, 0.2) is 100 Å². The predicted octanol–water partition coefficient (Wildman–Crippen LogP) is 8.34. The van der Waals surface area contributed by atoms with Gasteiger partial charge in [-0.25, -0.2) is 4.99 Å². The van der Waals surface area contributed by atoms with Crippen molar-refractivity contribution in [1.82, 2.24) is 4.90 Å². The van der Waals surface area contributed by atoms with Crippen molar-refractivity contribution in [3.63, 3.8) is 0 Å². The highest BCUT2D eigenvalue weighted by molar-refractivity contribution is 8.16. The number of rotatable bonds is 5. The van der Waals surface area contributed by atoms with Crippen molar-refractivity contribution in [3.05, 3.63) is 117 Å². The number of fused-ring (bicyclic) bond motifs is 1. The zero-order valence-electron chi connectivity index (χ0n) is 20.8. The third-order valence-corrected chi connectivity index (χ3v) is 8.16. The maximum atomic E-state index is 6.20. The molecule has 37 heavy (non-hydrogen) atoms. The minimum atomic E-state index is 0.0601. The number of amidine groups is 1. The highest BCUT2D eigenvalue weighted by Gasteiger charge is 2.40. The number of methoxy groups -OCH3 is 2. The molecular weight excluding hydrogens is 500 g/mol. The largest absolute Gasteiger partial charge is 0.497 e. The minimum absolute atomic E-state index is 0.0601. The normalized spacial score (nSPS) is 19.8. The van der Waals surface area contributed by atoms with E-state index in [-0.39, 0.29) is 6.04 Å². The van der Waals surface area contributed by atoms with E-state index in [2.05, 4.69) is 52.8 Å². The molecule has 2 aliphatic heterocycles. The molecule has 1 aliphatic carbocycles. The lowest BCUT2D eigenvalue weighted by Crippen LogP contribution is -2.34. The number of thioether (sulfide) groups is 1. The summed E-state index contributed by atoms with van der Waals surface area (Å²) in [6.07, 6.45) is 5.40. The Morgan fingerprint density at radius 2 is 1.57 bits per heavy atom. The van der Waals surface area contributed by atoms with Crippen LogP contribution in [-0.2, 0) is 0 Å². The summed E-state index contributed by atoms with van der Waals surface area (Å²) < 4.78 is 10.8. The fourth-order valence-electron chi connectivity index (χ4n) is 5.23. The number of nitrogens with zero attached hydrogens (tertiary/aromatic N) is 2. The first-order chi connectivity index (χ1) is 18.1. The standard InChI is InChI=1S/C31H27ClN2O2S/c1-35-25-14-6-20(7-15-25)18-23-4-3-5-27-29(23)33-31-34(30(27)22-10-16-26(36-2)17-11-22)28(19-37-31)21-8-12-24(32)13-9-21/h6-19,30H,3-5H2,1-2H3/b23-18+/t30-/m0/s1. The highest BCUT2D eigenvalue weighted by atomic mass is 35.5. The van der Waals surface area contributed by atoms with Gasteiger partial charge in [0.1, 0.15) is 11.5 Å². The van der Waals surface area contributed by atoms with Gasteiger partial charge >= 0.3 is 0 Å². The van der Waals surface area contributed by atoms with Crippen molar-refractivity contribution in [2.75, 3.05) is 14.2 Å². The maximum absolute atomic E-state index is 6.20. The molecule has 0 saturated heterocycles. The lowest BCUT2D eigenvalue weighted by Gasteiger charge is -2.40. The molecule has 4 nitrogen and oxygen atoms in total. The van der Waals surface area contributed by atoms with Crippen LogP contribution in [0.1, 0.15) is 42.0 Å². The number of hydrogen-bond acceptors (Lipinski definition) is 5. The van der Waals surface area contributed by atoms with Gasteiger partial charge in [-0.05, 0) is 89.6 Å². The molecule has 6 heteroatoms. The van der Waals surface area contributed by atoms with Crippen molar-refractivity contribution < 1.29 is 9.47 Å². The molecule has 0 aromatic heterocycles. The molecule has 0 amide bonds. The van der Waals surface area contributed by atoms with Crippen LogP contribution in [-0.4, -0.2) is 24.3 Å². The first kappa shape index (κ1) is 24.0. The van der Waals surface area contributed by atoms with Crippen molar-refractivity contribution in [2.45, 2.75) is 25.3 Å². The molecule has 0 N–H and O–H groups in total. The van der Waals surface area contributed by atoms with Crippen LogP contribution in [0.3, 0.4) is 0 Å². The Morgan fingerprint density at radius 3 is 2.24 bits per heavy atom. The van der Waals surface area contributed by atoms with Gasteiger partial charge in [-0.3, -0.25) is 0 Å². The van der Waals surface area contributed by atoms with Gasteiger partial charge in [-0.2, -0.15) is 0 Å². The van der Waals surface area contributed by atoms with E-state index < -0.39 is 0 Å². The van der Waals surface area contributed by atoms with E-state index in [1.807, 2.05) is 36.4 Å². The van der Waals surface area contributed by atoms with Gasteiger partial charge in [-0.1, -0.05) is 59.8 Å². The third kappa shape index (κ3) is 4.58. The van der Waals surface area contributed by atoms with Crippen molar-refractivity contribution in [2.24, 2.45) is 4.99 Å². The zero-order chi connectivity index (χ0) is 25.4. The van der Waals surface area contributed by atoms with Gasteiger partial charge in [0, 0.05) is 10.4 Å². The van der Waals surface area contributed by atoms with E-state index in [0.29, 0.717) is 0 Å². The van der Waals surface area contributed by atoms with Gasteiger partial charge in [0.25, 0.3) is 0 Å². The average Bonchev–Trinajstić information content (AvgIpc) is 3.36. The quantitative estimate of drug-likeness (QED) is 0.334. The monoisotopic (exact) mass is 526 g/mol. The van der Waals surface area contributed by atoms with E-state index in [1.165, 1.54) is 16.7 Å². The summed E-state index contributed by atoms with van der Waals surface area (Å²) in [6, 6.07) is 24.8. The zero-order valence-corrected chi connectivity index (χ0v) is 22.4. The summed E-state index contributed by atoms with van der Waals surface area (Å²) in [4.78, 5) is 7.66. The van der Waals surface area contributed by atoms with Crippen molar-refractivity contribution in [3.8, 4) is 11.5 Å². The summed E-state index contributed by atoms with van der Waals surface area (Å²) in [7, 11) is 3.40. The molecule has 0 bridgehead atoms. The fourth-order valence-corrected chi connectivity index (χ4v) is 6.29. The molecule has 3 aromatic carbocycles. The van der Waals surface area contributed by atoms with E-state index in [0.717, 1.165) is 63.5 Å². The van der Waals surface area contributed by atoms with Crippen LogP contribution >= 0.6 is 23.4 Å². The Kier molecular flexibility index (Phi) is 6.58. The first-order valence-corrected chi connectivity index (χ1v) is 13.6. The molecule has 0 fully saturated rings. The Balaban J connectivity index is 1.46. The van der Waals surface area contributed by atoms with Crippen LogP contribution in [0.5, 0.6) is 11.5 Å². The molecule has 2 heterocycles. The Hall–Kier alpha value is -3.41. The molecule has 3 aromatic rings. The Labute approximate surface area is 227 Å². The number of benzene rings is 3. The first-order valence-electron chi connectivity index (χ1n) is 12.4. The molecule has 0 unspecified atom stereocenters. The summed E-state index contributed by atoms with van der Waals surface area (Å²) in [5.74, 6) is 1.72. The smallest absolute Gasteiger partial charge is 0.174 e. The van der Waals surface area contributed by atoms with E-state index in [1.54, 1.807) is 26.0 Å². The number of halogens is 1. The lowest BCUT2D eigenvalue weighted by atomic mass is 9.82. The molecular formula is C31H27ClN2O2S. The van der Waals surface area contributed by atoms with Crippen molar-refractivity contribution in [1.29, 1.82) is 0 Å². The van der Waals surface area contributed by atoms with E-state index in [4.69, 9.17) is 26.1 Å². The number of hydrogen-bond donors (Lipinski definition) is 0. The van der Waals surface area contributed by atoms with Gasteiger partial charge in [-0.15, -0.1) is 0 Å². The van der Waals surface area contributed by atoms with Crippen molar-refractivity contribution >= 4 is 40.3 Å². The van der Waals surface area contributed by atoms with Gasteiger partial charge in [0.15, 0.2) is 5.17 Å². The highest BCUT2D eigenvalue weighted by Crippen LogP contribution is 2.51. The predicted molar refractivity (Wildman–Crippen MR) is 154 cm³/mol. The van der Waals surface area contributed by atoms with Crippen LogP contribution in [0.4, 0.5) is 0 Å². The summed E-state index contributed by atoms with van der Waals surface area (Å²) >= 11 is 7.89. The SMILES string of the molecule is COc1ccc(/C=C2\CCCC3=C2N=C2SC=C(c4ccc(Cl)cc4)N2[C@H]3c2ccc(OC)cc2)cc1. The second-order valence-electron chi connectivity index (χ2n) is 9.24. The molecule has 0 saturated carbocycles. The molecule has 186 valence electrons. The minimum Gasteiger partial charge on any atom is -0.497 e. The van der Waals surface area contributed by atoms with E-state index in [9.17, 15) is 0 Å². The summed E-state index contributed by atoms with van der Waals surface area (Å²) in [6.45, 7) is 0. The van der Waals surface area contributed by atoms with Gasteiger partial charge < -0.3 is 14.4 Å². The lowest BCUT2D eigenvalue weighted by molar-refractivity contribution is 0.413. The molecule has 3 aliphatic rings. The van der Waals surface area contributed by atoms with Gasteiger partial charge in [0.05, 0.1) is 31.7 Å².